The zero-order valence-electron chi connectivity index (χ0n) is 12.9. The van der Waals surface area contributed by atoms with Gasteiger partial charge in [-0.2, -0.15) is 0 Å². The maximum absolute atomic E-state index is 12.0. The van der Waals surface area contributed by atoms with Crippen LogP contribution in [0, 0.1) is 0 Å². The first-order valence-corrected chi connectivity index (χ1v) is 7.39. The van der Waals surface area contributed by atoms with E-state index in [2.05, 4.69) is 21.9 Å². The molecule has 1 aromatic heterocycles. The minimum absolute atomic E-state index is 0.176. The topological polar surface area (TPSA) is 101 Å². The summed E-state index contributed by atoms with van der Waals surface area (Å²) in [7, 11) is 0. The Morgan fingerprint density at radius 1 is 1.21 bits per heavy atom. The average Bonchev–Trinajstić information content (AvgIpc) is 2.96. The minimum Gasteiger partial charge on any atom is -0.366 e. The molecule has 0 aliphatic rings. The minimum atomic E-state index is -0.574. The van der Waals surface area contributed by atoms with E-state index < -0.39 is 5.91 Å². The molecule has 0 spiro atoms. The number of rotatable bonds is 5. The lowest BCUT2D eigenvalue weighted by Gasteiger charge is -2.07. The van der Waals surface area contributed by atoms with Crippen LogP contribution < -0.4 is 11.1 Å². The van der Waals surface area contributed by atoms with Crippen LogP contribution >= 0.6 is 0 Å². The number of nitrogens with zero attached hydrogens (tertiary/aromatic N) is 1. The van der Waals surface area contributed by atoms with Crippen LogP contribution in [0.4, 0.5) is 5.95 Å². The molecule has 2 amide bonds. The van der Waals surface area contributed by atoms with Gasteiger partial charge in [0.2, 0.25) is 11.9 Å². The van der Waals surface area contributed by atoms with E-state index in [1.807, 2.05) is 36.4 Å². The van der Waals surface area contributed by atoms with Gasteiger partial charge in [0.1, 0.15) is 5.52 Å². The Hall–Kier alpha value is -3.41. The third-order valence-electron chi connectivity index (χ3n) is 3.57. The third-order valence-corrected chi connectivity index (χ3v) is 3.57. The van der Waals surface area contributed by atoms with E-state index in [4.69, 9.17) is 5.73 Å². The Morgan fingerprint density at radius 2 is 1.96 bits per heavy atom. The second kappa shape index (κ2) is 6.37. The van der Waals surface area contributed by atoms with Crippen LogP contribution in [-0.4, -0.2) is 21.8 Å². The highest BCUT2D eigenvalue weighted by atomic mass is 16.2. The molecule has 120 valence electrons. The van der Waals surface area contributed by atoms with E-state index in [9.17, 15) is 9.59 Å². The zero-order chi connectivity index (χ0) is 17.1. The van der Waals surface area contributed by atoms with Gasteiger partial charge in [-0.05, 0) is 17.2 Å². The molecule has 0 aliphatic heterocycles. The summed E-state index contributed by atoms with van der Waals surface area (Å²) < 4.78 is 0. The summed E-state index contributed by atoms with van der Waals surface area (Å²) in [5.41, 5.74) is 8.52. The number of amides is 2. The van der Waals surface area contributed by atoms with Gasteiger partial charge in [-0.25, -0.2) is 4.98 Å². The van der Waals surface area contributed by atoms with Gasteiger partial charge < -0.3 is 10.7 Å². The lowest BCUT2D eigenvalue weighted by atomic mass is 9.98. The van der Waals surface area contributed by atoms with Gasteiger partial charge in [-0.1, -0.05) is 42.5 Å². The monoisotopic (exact) mass is 320 g/mol. The lowest BCUT2D eigenvalue weighted by Crippen LogP contribution is -2.13. The molecule has 0 saturated heterocycles. The number of aromatic nitrogens is 2. The Balaban J connectivity index is 2.12. The van der Waals surface area contributed by atoms with Crippen molar-refractivity contribution in [2.24, 2.45) is 5.73 Å². The molecular formula is C18H16N4O2. The SMILES string of the molecule is C=CCC(=O)Nc1nc2c(C(N)=O)c(-c3ccccc3)ccc2[nH]1. The first-order chi connectivity index (χ1) is 11.6. The third kappa shape index (κ3) is 2.89. The number of nitrogens with one attached hydrogen (secondary N) is 2. The van der Waals surface area contributed by atoms with Crippen molar-refractivity contribution in [1.82, 2.24) is 9.97 Å². The fourth-order valence-electron chi connectivity index (χ4n) is 2.56. The number of nitrogens with two attached hydrogens (primary N) is 1. The summed E-state index contributed by atoms with van der Waals surface area (Å²) >= 11 is 0. The molecule has 3 rings (SSSR count). The van der Waals surface area contributed by atoms with E-state index in [0.29, 0.717) is 22.2 Å². The Labute approximate surface area is 138 Å². The molecule has 6 nitrogen and oxygen atoms in total. The first kappa shape index (κ1) is 15.5. The summed E-state index contributed by atoms with van der Waals surface area (Å²) in [6.07, 6.45) is 1.68. The molecule has 4 N–H and O–H groups in total. The fraction of sp³-hybridized carbons (Fsp3) is 0.0556. The van der Waals surface area contributed by atoms with Crippen molar-refractivity contribution in [1.29, 1.82) is 0 Å². The molecule has 2 aromatic carbocycles. The smallest absolute Gasteiger partial charge is 0.251 e. The van der Waals surface area contributed by atoms with Crippen molar-refractivity contribution in [3.05, 3.63) is 60.7 Å². The molecule has 0 atom stereocenters. The molecule has 0 aliphatic carbocycles. The van der Waals surface area contributed by atoms with Crippen LogP contribution in [0.2, 0.25) is 0 Å². The summed E-state index contributed by atoms with van der Waals surface area (Å²) in [6, 6.07) is 13.1. The maximum Gasteiger partial charge on any atom is 0.251 e. The van der Waals surface area contributed by atoms with E-state index >= 15 is 0 Å². The van der Waals surface area contributed by atoms with Crippen molar-refractivity contribution in [3.8, 4) is 11.1 Å². The Bertz CT molecular complexity index is 929. The molecule has 6 heteroatoms. The van der Waals surface area contributed by atoms with Crippen LogP contribution in [-0.2, 0) is 4.79 Å². The molecule has 0 bridgehead atoms. The van der Waals surface area contributed by atoms with E-state index in [-0.39, 0.29) is 18.3 Å². The number of imidazole rings is 1. The average molecular weight is 320 g/mol. The second-order valence-corrected chi connectivity index (χ2v) is 5.24. The number of carbonyl (C=O) groups excluding carboxylic acids is 2. The predicted molar refractivity (Wildman–Crippen MR) is 93.5 cm³/mol. The standard InChI is InChI=1S/C18H16N4O2/c1-2-6-14(23)21-18-20-13-10-9-12(11-7-4-3-5-8-11)15(17(19)24)16(13)22-18/h2-5,7-10H,1,6H2,(H2,19,24)(H2,20,21,22,23). The number of anilines is 1. The highest BCUT2D eigenvalue weighted by molar-refractivity contribution is 6.10. The number of hydrogen-bond donors (Lipinski definition) is 3. The van der Waals surface area contributed by atoms with Gasteiger partial charge in [-0.15, -0.1) is 6.58 Å². The fourth-order valence-corrected chi connectivity index (χ4v) is 2.56. The number of aromatic amines is 1. The number of H-pyrrole nitrogens is 1. The van der Waals surface area contributed by atoms with Gasteiger partial charge >= 0.3 is 0 Å². The number of hydrogen-bond acceptors (Lipinski definition) is 3. The van der Waals surface area contributed by atoms with Gasteiger partial charge in [0.15, 0.2) is 0 Å². The van der Waals surface area contributed by atoms with Gasteiger partial charge in [0.05, 0.1) is 11.1 Å². The molecule has 24 heavy (non-hydrogen) atoms. The lowest BCUT2D eigenvalue weighted by molar-refractivity contribution is -0.115. The van der Waals surface area contributed by atoms with Crippen LogP contribution in [0.1, 0.15) is 16.8 Å². The Kier molecular flexibility index (Phi) is 4.11. The number of carbonyl (C=O) groups is 2. The van der Waals surface area contributed by atoms with Gasteiger partial charge in [0.25, 0.3) is 5.91 Å². The van der Waals surface area contributed by atoms with Crippen molar-refractivity contribution in [2.45, 2.75) is 6.42 Å². The first-order valence-electron chi connectivity index (χ1n) is 7.39. The predicted octanol–water partition coefficient (Wildman–Crippen LogP) is 2.84. The highest BCUT2D eigenvalue weighted by Crippen LogP contribution is 2.29. The zero-order valence-corrected chi connectivity index (χ0v) is 12.9. The summed E-state index contributed by atoms with van der Waals surface area (Å²) in [4.78, 5) is 31.0. The van der Waals surface area contributed by atoms with E-state index in [1.165, 1.54) is 6.08 Å². The highest BCUT2D eigenvalue weighted by Gasteiger charge is 2.18. The van der Waals surface area contributed by atoms with Crippen molar-refractivity contribution >= 4 is 28.8 Å². The molecule has 1 heterocycles. The molecule has 0 unspecified atom stereocenters. The van der Waals surface area contributed by atoms with Crippen molar-refractivity contribution < 1.29 is 9.59 Å². The molecule has 3 aromatic rings. The summed E-state index contributed by atoms with van der Waals surface area (Å²) in [6.45, 7) is 3.51. The molecule has 0 fully saturated rings. The number of primary amides is 1. The van der Waals surface area contributed by atoms with Crippen molar-refractivity contribution in [2.75, 3.05) is 5.32 Å². The molecule has 0 saturated carbocycles. The number of fused-ring (bicyclic) bond motifs is 1. The van der Waals surface area contributed by atoms with Crippen LogP contribution in [0.25, 0.3) is 22.2 Å². The van der Waals surface area contributed by atoms with Crippen LogP contribution in [0.5, 0.6) is 0 Å². The molecular weight excluding hydrogens is 304 g/mol. The largest absolute Gasteiger partial charge is 0.366 e. The molecule has 0 radical (unpaired) electrons. The van der Waals surface area contributed by atoms with Crippen LogP contribution in [0.3, 0.4) is 0 Å². The number of benzene rings is 2. The van der Waals surface area contributed by atoms with E-state index in [0.717, 1.165) is 5.56 Å². The van der Waals surface area contributed by atoms with Gasteiger partial charge in [-0.3, -0.25) is 14.9 Å². The van der Waals surface area contributed by atoms with Gasteiger partial charge in [0, 0.05) is 6.42 Å². The maximum atomic E-state index is 12.0. The summed E-state index contributed by atoms with van der Waals surface area (Å²) in [5.74, 6) is -0.549. The second-order valence-electron chi connectivity index (χ2n) is 5.24. The van der Waals surface area contributed by atoms with Crippen LogP contribution in [0.15, 0.2) is 55.1 Å². The van der Waals surface area contributed by atoms with E-state index in [1.54, 1.807) is 6.07 Å². The Morgan fingerprint density at radius 3 is 2.62 bits per heavy atom. The quantitative estimate of drug-likeness (QED) is 0.630. The normalized spacial score (nSPS) is 10.5. The summed E-state index contributed by atoms with van der Waals surface area (Å²) in [5, 5.41) is 2.63. The van der Waals surface area contributed by atoms with Crippen molar-refractivity contribution in [3.63, 3.8) is 0 Å².